The Morgan fingerprint density at radius 1 is 1.12 bits per heavy atom. The van der Waals surface area contributed by atoms with Crippen LogP contribution in [-0.4, -0.2) is 69.2 Å². The van der Waals surface area contributed by atoms with Crippen molar-refractivity contribution in [1.82, 2.24) is 15.1 Å². The first kappa shape index (κ1) is 18.4. The summed E-state index contributed by atoms with van der Waals surface area (Å²) in [6.07, 6.45) is 0.860. The number of carbonyl (C=O) groups excluding carboxylic acids is 1. The van der Waals surface area contributed by atoms with Crippen LogP contribution in [0.5, 0.6) is 0 Å². The first-order chi connectivity index (χ1) is 11.4. The second-order valence-electron chi connectivity index (χ2n) is 6.06. The normalized spacial score (nSPS) is 15.1. The van der Waals surface area contributed by atoms with Crippen LogP contribution >= 0.6 is 0 Å². The number of benzene rings is 1. The Kier molecular flexibility index (Phi) is 6.30. The number of amides is 2. The van der Waals surface area contributed by atoms with E-state index in [1.54, 1.807) is 9.80 Å². The number of hydrogen-bond donors (Lipinski definition) is 1. The van der Waals surface area contributed by atoms with Crippen molar-refractivity contribution in [2.75, 3.05) is 58.3 Å². The van der Waals surface area contributed by atoms with Crippen molar-refractivity contribution in [3.05, 3.63) is 29.6 Å². The second kappa shape index (κ2) is 8.23. The third kappa shape index (κ3) is 4.53. The largest absolute Gasteiger partial charge is 0.366 e. The van der Waals surface area contributed by atoms with Crippen LogP contribution in [0, 0.1) is 17.5 Å². The minimum atomic E-state index is -1.46. The molecule has 24 heavy (non-hydrogen) atoms. The molecule has 0 bridgehead atoms. The van der Waals surface area contributed by atoms with E-state index in [1.165, 1.54) is 6.07 Å². The fourth-order valence-electron chi connectivity index (χ4n) is 2.61. The molecule has 1 aromatic rings. The fourth-order valence-corrected chi connectivity index (χ4v) is 2.61. The Morgan fingerprint density at radius 2 is 1.79 bits per heavy atom. The molecule has 134 valence electrons. The summed E-state index contributed by atoms with van der Waals surface area (Å²) in [7, 11) is 3.94. The summed E-state index contributed by atoms with van der Waals surface area (Å²) in [5.74, 6) is -3.85. The zero-order chi connectivity index (χ0) is 17.7. The van der Waals surface area contributed by atoms with Crippen molar-refractivity contribution in [3.8, 4) is 0 Å². The lowest BCUT2D eigenvalue weighted by Gasteiger charge is -2.36. The molecule has 0 aromatic heterocycles. The van der Waals surface area contributed by atoms with Crippen LogP contribution in [0.2, 0.25) is 0 Å². The van der Waals surface area contributed by atoms with Gasteiger partial charge >= 0.3 is 6.03 Å². The van der Waals surface area contributed by atoms with Gasteiger partial charge in [0.05, 0.1) is 5.69 Å². The molecular formula is C16H23F3N4O. The average molecular weight is 344 g/mol. The van der Waals surface area contributed by atoms with Gasteiger partial charge in [0.25, 0.3) is 0 Å². The third-order valence-electron chi connectivity index (χ3n) is 3.98. The quantitative estimate of drug-likeness (QED) is 0.655. The highest BCUT2D eigenvalue weighted by atomic mass is 19.2. The Morgan fingerprint density at radius 3 is 2.42 bits per heavy atom. The molecule has 1 aromatic carbocycles. The first-order valence-corrected chi connectivity index (χ1v) is 7.96. The number of nitrogens with zero attached hydrogens (tertiary/aromatic N) is 3. The van der Waals surface area contributed by atoms with E-state index in [0.29, 0.717) is 32.7 Å². The first-order valence-electron chi connectivity index (χ1n) is 7.96. The number of urea groups is 1. The van der Waals surface area contributed by atoms with Crippen LogP contribution in [0.4, 0.5) is 23.7 Å². The van der Waals surface area contributed by atoms with Gasteiger partial charge in [-0.05, 0) is 39.2 Å². The number of nitrogens with one attached hydrogen (secondary N) is 1. The summed E-state index contributed by atoms with van der Waals surface area (Å²) in [4.78, 5) is 17.4. The highest BCUT2D eigenvalue weighted by Crippen LogP contribution is 2.24. The van der Waals surface area contributed by atoms with E-state index in [-0.39, 0.29) is 11.7 Å². The molecule has 0 aliphatic carbocycles. The van der Waals surface area contributed by atoms with Gasteiger partial charge in [-0.1, -0.05) is 0 Å². The molecule has 1 heterocycles. The lowest BCUT2D eigenvalue weighted by Crippen LogP contribution is -2.52. The van der Waals surface area contributed by atoms with Gasteiger partial charge in [-0.25, -0.2) is 18.0 Å². The Bertz CT molecular complexity index is 575. The molecule has 5 nitrogen and oxygen atoms in total. The molecule has 0 atom stereocenters. The zero-order valence-electron chi connectivity index (χ0n) is 14.0. The maximum atomic E-state index is 13.8. The number of carbonyl (C=O) groups is 1. The van der Waals surface area contributed by atoms with Crippen LogP contribution in [0.3, 0.4) is 0 Å². The summed E-state index contributed by atoms with van der Waals surface area (Å²) >= 11 is 0. The van der Waals surface area contributed by atoms with Crippen molar-refractivity contribution in [1.29, 1.82) is 0 Å². The summed E-state index contributed by atoms with van der Waals surface area (Å²) in [6.45, 7) is 3.02. The topological polar surface area (TPSA) is 38.8 Å². The van der Waals surface area contributed by atoms with Crippen LogP contribution in [-0.2, 0) is 0 Å². The lowest BCUT2D eigenvalue weighted by molar-refractivity contribution is 0.193. The van der Waals surface area contributed by atoms with Gasteiger partial charge in [-0.2, -0.15) is 0 Å². The molecule has 0 unspecified atom stereocenters. The molecule has 8 heteroatoms. The maximum absolute atomic E-state index is 13.8. The predicted molar refractivity (Wildman–Crippen MR) is 86.7 cm³/mol. The lowest BCUT2D eigenvalue weighted by atomic mass is 10.2. The minimum Gasteiger partial charge on any atom is -0.366 e. The number of rotatable bonds is 5. The SMILES string of the molecule is CN(C)CCCNC(=O)N1CCN(c2ccc(F)c(F)c2F)CC1. The minimum absolute atomic E-state index is 0.0277. The Balaban J connectivity index is 1.83. The third-order valence-corrected chi connectivity index (χ3v) is 3.98. The monoisotopic (exact) mass is 344 g/mol. The summed E-state index contributed by atoms with van der Waals surface area (Å²) in [5.41, 5.74) is 0.0277. The fraction of sp³-hybridized carbons (Fsp3) is 0.562. The van der Waals surface area contributed by atoms with Crippen LogP contribution in [0.1, 0.15) is 6.42 Å². The van der Waals surface area contributed by atoms with E-state index in [0.717, 1.165) is 19.0 Å². The number of hydrogen-bond acceptors (Lipinski definition) is 3. The van der Waals surface area contributed by atoms with Gasteiger partial charge in [0.15, 0.2) is 17.5 Å². The van der Waals surface area contributed by atoms with Crippen LogP contribution < -0.4 is 10.2 Å². The average Bonchev–Trinajstić information content (AvgIpc) is 2.56. The van der Waals surface area contributed by atoms with Gasteiger partial charge in [0.2, 0.25) is 0 Å². The highest BCUT2D eigenvalue weighted by molar-refractivity contribution is 5.74. The van der Waals surface area contributed by atoms with E-state index in [2.05, 4.69) is 5.32 Å². The standard InChI is InChI=1S/C16H23F3N4O/c1-21(2)7-3-6-20-16(24)23-10-8-22(9-11-23)13-5-4-12(17)14(18)15(13)19/h4-5H,3,6-11H2,1-2H3,(H,20,24). The molecule has 1 aliphatic rings. The molecule has 1 aliphatic heterocycles. The van der Waals surface area contributed by atoms with Gasteiger partial charge in [-0.3, -0.25) is 0 Å². The van der Waals surface area contributed by atoms with Crippen molar-refractivity contribution in [3.63, 3.8) is 0 Å². The van der Waals surface area contributed by atoms with E-state index in [1.807, 2.05) is 19.0 Å². The van der Waals surface area contributed by atoms with Crippen molar-refractivity contribution in [2.24, 2.45) is 0 Å². The Labute approximate surface area is 140 Å². The molecule has 0 saturated carbocycles. The number of halogens is 3. The van der Waals surface area contributed by atoms with Crippen LogP contribution in [0.15, 0.2) is 12.1 Å². The number of anilines is 1. The van der Waals surface area contributed by atoms with Gasteiger partial charge in [0.1, 0.15) is 0 Å². The molecule has 1 saturated heterocycles. The van der Waals surface area contributed by atoms with Gasteiger partial charge in [-0.15, -0.1) is 0 Å². The molecule has 0 radical (unpaired) electrons. The second-order valence-corrected chi connectivity index (χ2v) is 6.06. The van der Waals surface area contributed by atoms with Gasteiger partial charge in [0, 0.05) is 32.7 Å². The zero-order valence-corrected chi connectivity index (χ0v) is 14.0. The van der Waals surface area contributed by atoms with Crippen molar-refractivity contribution >= 4 is 11.7 Å². The van der Waals surface area contributed by atoms with Crippen molar-refractivity contribution < 1.29 is 18.0 Å². The Hall–Kier alpha value is -1.96. The van der Waals surface area contributed by atoms with Gasteiger partial charge < -0.3 is 20.0 Å². The maximum Gasteiger partial charge on any atom is 0.317 e. The number of piperazine rings is 1. The summed E-state index contributed by atoms with van der Waals surface area (Å²) in [6, 6.07) is 1.99. The smallest absolute Gasteiger partial charge is 0.317 e. The van der Waals surface area contributed by atoms with E-state index < -0.39 is 17.5 Å². The molecular weight excluding hydrogens is 321 g/mol. The summed E-state index contributed by atoms with van der Waals surface area (Å²) in [5, 5.41) is 2.85. The van der Waals surface area contributed by atoms with E-state index in [9.17, 15) is 18.0 Å². The van der Waals surface area contributed by atoms with Crippen molar-refractivity contribution in [2.45, 2.75) is 6.42 Å². The van der Waals surface area contributed by atoms with E-state index in [4.69, 9.17) is 0 Å². The molecule has 1 fully saturated rings. The van der Waals surface area contributed by atoms with Crippen LogP contribution in [0.25, 0.3) is 0 Å². The molecule has 0 spiro atoms. The highest BCUT2D eigenvalue weighted by Gasteiger charge is 2.24. The molecule has 2 amide bonds. The molecule has 2 rings (SSSR count). The summed E-state index contributed by atoms with van der Waals surface area (Å²) < 4.78 is 40.1. The molecule has 1 N–H and O–H groups in total. The van der Waals surface area contributed by atoms with E-state index >= 15 is 0 Å². The predicted octanol–water partition coefficient (Wildman–Crippen LogP) is 1.89.